The molecular weight excluding hydrogens is 257 g/mol. The van der Waals surface area contributed by atoms with E-state index < -0.39 is 5.60 Å². The monoisotopic (exact) mass is 279 g/mol. The summed E-state index contributed by atoms with van der Waals surface area (Å²) in [5.74, 6) is 0.294. The first-order chi connectivity index (χ1) is 9.65. The predicted molar refractivity (Wildman–Crippen MR) is 75.2 cm³/mol. The fraction of sp³-hybridized carbons (Fsp3) is 0.625. The molecule has 3 nitrogen and oxygen atoms in total. The van der Waals surface area contributed by atoms with E-state index in [1.807, 2.05) is 6.07 Å². The van der Waals surface area contributed by atoms with E-state index in [9.17, 15) is 9.50 Å². The molecule has 1 aromatic carbocycles. The van der Waals surface area contributed by atoms with Crippen molar-refractivity contribution in [3.05, 3.63) is 35.6 Å². The molecule has 0 unspecified atom stereocenters. The van der Waals surface area contributed by atoms with Gasteiger partial charge in [0.1, 0.15) is 5.82 Å². The molecule has 0 atom stereocenters. The molecule has 1 saturated heterocycles. The van der Waals surface area contributed by atoms with E-state index in [4.69, 9.17) is 4.74 Å². The molecule has 4 heteroatoms. The Hall–Kier alpha value is -0.970. The van der Waals surface area contributed by atoms with E-state index in [0.717, 1.165) is 18.4 Å². The highest BCUT2D eigenvalue weighted by atomic mass is 19.1. The summed E-state index contributed by atoms with van der Waals surface area (Å²) in [6.07, 6.45) is 3.46. The maximum atomic E-state index is 13.2. The van der Waals surface area contributed by atoms with Gasteiger partial charge < -0.3 is 15.2 Å². The van der Waals surface area contributed by atoms with E-state index >= 15 is 0 Å². The fourth-order valence-corrected chi connectivity index (χ4v) is 3.08. The van der Waals surface area contributed by atoms with E-state index in [2.05, 4.69) is 5.32 Å². The summed E-state index contributed by atoms with van der Waals surface area (Å²) in [5.41, 5.74) is 0.482. The lowest BCUT2D eigenvalue weighted by atomic mass is 9.75. The van der Waals surface area contributed by atoms with Crippen molar-refractivity contribution in [3.63, 3.8) is 0 Å². The van der Waals surface area contributed by atoms with Crippen LogP contribution in [-0.2, 0) is 4.74 Å². The molecule has 1 saturated carbocycles. The molecule has 2 N–H and O–H groups in total. The van der Waals surface area contributed by atoms with Crippen LogP contribution >= 0.6 is 0 Å². The Bertz CT molecular complexity index is 454. The lowest BCUT2D eigenvalue weighted by Gasteiger charge is -2.40. The van der Waals surface area contributed by atoms with Crippen LogP contribution in [0.25, 0.3) is 0 Å². The van der Waals surface area contributed by atoms with Gasteiger partial charge in [0.25, 0.3) is 0 Å². The molecule has 1 heterocycles. The maximum absolute atomic E-state index is 13.2. The van der Waals surface area contributed by atoms with Crippen LogP contribution in [0.1, 0.15) is 37.2 Å². The number of ether oxygens (including phenoxy) is 1. The SMILES string of the molecule is OC1(CNC2CC(c3cccc(F)c3)C2)CCOCC1. The molecule has 110 valence electrons. The van der Waals surface area contributed by atoms with Crippen LogP contribution in [-0.4, -0.2) is 36.5 Å². The number of aliphatic hydroxyl groups is 1. The first-order valence-electron chi connectivity index (χ1n) is 7.44. The summed E-state index contributed by atoms with van der Waals surface area (Å²) in [6, 6.07) is 7.33. The Labute approximate surface area is 119 Å². The highest BCUT2D eigenvalue weighted by Crippen LogP contribution is 2.37. The van der Waals surface area contributed by atoms with Crippen molar-refractivity contribution < 1.29 is 14.2 Å². The molecule has 2 aliphatic rings. The summed E-state index contributed by atoms with van der Waals surface area (Å²) in [6.45, 7) is 1.93. The van der Waals surface area contributed by atoms with Gasteiger partial charge in [-0.25, -0.2) is 4.39 Å². The molecule has 0 radical (unpaired) electrons. The van der Waals surface area contributed by atoms with Crippen LogP contribution < -0.4 is 5.32 Å². The van der Waals surface area contributed by atoms with Crippen LogP contribution in [0, 0.1) is 5.82 Å². The quantitative estimate of drug-likeness (QED) is 0.888. The zero-order valence-electron chi connectivity index (χ0n) is 11.6. The van der Waals surface area contributed by atoms with Crippen molar-refractivity contribution in [3.8, 4) is 0 Å². The van der Waals surface area contributed by atoms with Gasteiger partial charge in [0.05, 0.1) is 5.60 Å². The van der Waals surface area contributed by atoms with Crippen molar-refractivity contribution in [2.24, 2.45) is 0 Å². The van der Waals surface area contributed by atoms with Gasteiger partial charge >= 0.3 is 0 Å². The highest BCUT2D eigenvalue weighted by Gasteiger charge is 2.34. The second-order valence-electron chi connectivity index (χ2n) is 6.14. The Morgan fingerprint density at radius 1 is 1.30 bits per heavy atom. The van der Waals surface area contributed by atoms with Crippen molar-refractivity contribution in [2.75, 3.05) is 19.8 Å². The lowest BCUT2D eigenvalue weighted by Crippen LogP contribution is -2.50. The van der Waals surface area contributed by atoms with E-state index in [0.29, 0.717) is 44.6 Å². The van der Waals surface area contributed by atoms with Gasteiger partial charge in [0, 0.05) is 38.6 Å². The molecule has 0 amide bonds. The number of benzene rings is 1. The normalized spacial score (nSPS) is 28.9. The summed E-state index contributed by atoms with van der Waals surface area (Å²) in [5, 5.41) is 13.8. The molecule has 20 heavy (non-hydrogen) atoms. The standard InChI is InChI=1S/C16H22FNO2/c17-14-3-1-2-12(8-14)13-9-15(10-13)18-11-16(19)4-6-20-7-5-16/h1-3,8,13,15,18-19H,4-7,9-11H2. The summed E-state index contributed by atoms with van der Waals surface area (Å²) in [7, 11) is 0. The number of hydrogen-bond donors (Lipinski definition) is 2. The van der Waals surface area contributed by atoms with E-state index in [-0.39, 0.29) is 5.82 Å². The first-order valence-corrected chi connectivity index (χ1v) is 7.44. The minimum absolute atomic E-state index is 0.157. The van der Waals surface area contributed by atoms with Crippen LogP contribution in [0.15, 0.2) is 24.3 Å². The molecule has 3 rings (SSSR count). The van der Waals surface area contributed by atoms with Crippen LogP contribution in [0.3, 0.4) is 0 Å². The minimum Gasteiger partial charge on any atom is -0.388 e. The van der Waals surface area contributed by atoms with Gasteiger partial charge in [0.2, 0.25) is 0 Å². The average Bonchev–Trinajstić information content (AvgIpc) is 2.38. The maximum Gasteiger partial charge on any atom is 0.123 e. The smallest absolute Gasteiger partial charge is 0.123 e. The predicted octanol–water partition coefficient (Wildman–Crippen LogP) is 2.20. The topological polar surface area (TPSA) is 41.5 Å². The van der Waals surface area contributed by atoms with Crippen LogP contribution in [0.2, 0.25) is 0 Å². The zero-order valence-corrected chi connectivity index (χ0v) is 11.6. The van der Waals surface area contributed by atoms with E-state index in [1.54, 1.807) is 12.1 Å². The zero-order chi connectivity index (χ0) is 14.0. The Morgan fingerprint density at radius 2 is 2.05 bits per heavy atom. The third kappa shape index (κ3) is 3.19. The summed E-state index contributed by atoms with van der Waals surface area (Å²) in [4.78, 5) is 0. The number of nitrogens with one attached hydrogen (secondary N) is 1. The first kappa shape index (κ1) is 14.0. The van der Waals surface area contributed by atoms with Gasteiger partial charge in [-0.3, -0.25) is 0 Å². The molecule has 0 spiro atoms. The highest BCUT2D eigenvalue weighted by molar-refractivity contribution is 5.23. The molecule has 0 bridgehead atoms. The number of halogens is 1. The molecule has 2 fully saturated rings. The van der Waals surface area contributed by atoms with Crippen molar-refractivity contribution in [2.45, 2.75) is 43.2 Å². The van der Waals surface area contributed by atoms with Crippen LogP contribution in [0.4, 0.5) is 4.39 Å². The van der Waals surface area contributed by atoms with Gasteiger partial charge in [-0.2, -0.15) is 0 Å². The largest absolute Gasteiger partial charge is 0.388 e. The minimum atomic E-state index is -0.609. The van der Waals surface area contributed by atoms with E-state index in [1.165, 1.54) is 6.07 Å². The third-order valence-corrected chi connectivity index (χ3v) is 4.60. The lowest BCUT2D eigenvalue weighted by molar-refractivity contribution is -0.0640. The van der Waals surface area contributed by atoms with Gasteiger partial charge in [-0.05, 0) is 36.5 Å². The molecule has 1 aliphatic heterocycles. The Morgan fingerprint density at radius 3 is 2.75 bits per heavy atom. The van der Waals surface area contributed by atoms with Gasteiger partial charge in [-0.15, -0.1) is 0 Å². The van der Waals surface area contributed by atoms with Crippen molar-refractivity contribution in [1.29, 1.82) is 0 Å². The second-order valence-corrected chi connectivity index (χ2v) is 6.14. The van der Waals surface area contributed by atoms with Crippen molar-refractivity contribution in [1.82, 2.24) is 5.32 Å². The molecule has 1 aliphatic carbocycles. The average molecular weight is 279 g/mol. The second kappa shape index (κ2) is 5.80. The van der Waals surface area contributed by atoms with Crippen LogP contribution in [0.5, 0.6) is 0 Å². The molecule has 0 aromatic heterocycles. The molecular formula is C16H22FNO2. The van der Waals surface area contributed by atoms with Gasteiger partial charge in [0.15, 0.2) is 0 Å². The Kier molecular flexibility index (Phi) is 4.06. The number of rotatable bonds is 4. The Balaban J connectivity index is 1.44. The van der Waals surface area contributed by atoms with Gasteiger partial charge in [-0.1, -0.05) is 12.1 Å². The fourth-order valence-electron chi connectivity index (χ4n) is 3.08. The number of hydrogen-bond acceptors (Lipinski definition) is 3. The summed E-state index contributed by atoms with van der Waals surface area (Å²) < 4.78 is 18.4. The van der Waals surface area contributed by atoms with Crippen molar-refractivity contribution >= 4 is 0 Å². The summed E-state index contributed by atoms with van der Waals surface area (Å²) >= 11 is 0. The molecule has 1 aromatic rings. The third-order valence-electron chi connectivity index (χ3n) is 4.60.